The van der Waals surface area contributed by atoms with Gasteiger partial charge in [-0.05, 0) is 56.2 Å². The van der Waals surface area contributed by atoms with Crippen LogP contribution in [0.4, 0.5) is 0 Å². The predicted molar refractivity (Wildman–Crippen MR) is 135 cm³/mol. The molecule has 3 rings (SSSR count). The maximum atomic E-state index is 12.7. The summed E-state index contributed by atoms with van der Waals surface area (Å²) < 4.78 is 43.2. The Bertz CT molecular complexity index is 1430. The molecule has 0 saturated heterocycles. The van der Waals surface area contributed by atoms with Crippen molar-refractivity contribution in [2.45, 2.75) is 38.3 Å². The first-order chi connectivity index (χ1) is 17.1. The molecule has 0 unspecified atom stereocenters. The zero-order valence-corrected chi connectivity index (χ0v) is 21.5. The number of para-hydroxylation sites is 1. The van der Waals surface area contributed by atoms with E-state index < -0.39 is 22.0 Å². The second kappa shape index (κ2) is 11.3. The summed E-state index contributed by atoms with van der Waals surface area (Å²) in [7, 11) is -1.17. The summed E-state index contributed by atoms with van der Waals surface area (Å²) in [6.07, 6.45) is 2.59. The number of hydrogen-bond acceptors (Lipinski definition) is 8. The number of fused-ring (bicyclic) bond motifs is 1. The molecule has 9 nitrogen and oxygen atoms in total. The summed E-state index contributed by atoms with van der Waals surface area (Å²) in [4.78, 5) is 29.3. The SMILES string of the molecule is COC(=O)c1c(COC(=O)C=Cc2ccc(OC)c(S(=O)(=O)NC(C)C)c2)nc2ccccc2c1C. The fourth-order valence-corrected chi connectivity index (χ4v) is 5.11. The van der Waals surface area contributed by atoms with E-state index in [9.17, 15) is 18.0 Å². The molecule has 0 radical (unpaired) electrons. The molecule has 0 saturated carbocycles. The van der Waals surface area contributed by atoms with Gasteiger partial charge in [-0.1, -0.05) is 24.3 Å². The highest BCUT2D eigenvalue weighted by molar-refractivity contribution is 7.89. The van der Waals surface area contributed by atoms with Crippen LogP contribution in [-0.4, -0.2) is 45.6 Å². The fourth-order valence-electron chi connectivity index (χ4n) is 3.65. The number of aryl methyl sites for hydroxylation is 1. The van der Waals surface area contributed by atoms with Crippen molar-refractivity contribution in [3.8, 4) is 5.75 Å². The largest absolute Gasteiger partial charge is 0.495 e. The van der Waals surface area contributed by atoms with Gasteiger partial charge in [0, 0.05) is 17.5 Å². The topological polar surface area (TPSA) is 121 Å². The highest BCUT2D eigenvalue weighted by Crippen LogP contribution is 2.26. The van der Waals surface area contributed by atoms with Gasteiger partial charge in [0.25, 0.3) is 0 Å². The van der Waals surface area contributed by atoms with E-state index in [4.69, 9.17) is 14.2 Å². The molecule has 36 heavy (non-hydrogen) atoms. The number of pyridine rings is 1. The molecule has 10 heteroatoms. The van der Waals surface area contributed by atoms with Crippen LogP contribution in [0.15, 0.2) is 53.4 Å². The Kier molecular flexibility index (Phi) is 8.44. The summed E-state index contributed by atoms with van der Waals surface area (Å²) in [5.74, 6) is -1.09. The number of carbonyl (C=O) groups is 2. The van der Waals surface area contributed by atoms with E-state index in [1.165, 1.54) is 38.5 Å². The highest BCUT2D eigenvalue weighted by atomic mass is 32.2. The second-order valence-electron chi connectivity index (χ2n) is 8.19. The van der Waals surface area contributed by atoms with E-state index in [0.29, 0.717) is 16.6 Å². The zero-order valence-electron chi connectivity index (χ0n) is 20.7. The van der Waals surface area contributed by atoms with Crippen LogP contribution in [0.5, 0.6) is 5.75 Å². The van der Waals surface area contributed by atoms with Gasteiger partial charge in [0.1, 0.15) is 17.3 Å². The van der Waals surface area contributed by atoms with Gasteiger partial charge in [-0.3, -0.25) is 0 Å². The third-order valence-electron chi connectivity index (χ3n) is 5.25. The van der Waals surface area contributed by atoms with E-state index in [2.05, 4.69) is 9.71 Å². The van der Waals surface area contributed by atoms with Crippen LogP contribution in [0, 0.1) is 6.92 Å². The third kappa shape index (κ3) is 6.07. The molecule has 0 fully saturated rings. The molecule has 1 N–H and O–H groups in total. The molecule has 0 atom stereocenters. The molecule has 0 aliphatic carbocycles. The molecule has 190 valence electrons. The average Bonchev–Trinajstić information content (AvgIpc) is 2.85. The van der Waals surface area contributed by atoms with Crippen LogP contribution in [0.1, 0.15) is 41.0 Å². The Morgan fingerprint density at radius 3 is 2.50 bits per heavy atom. The number of sulfonamides is 1. The Labute approximate surface area is 210 Å². The predicted octanol–water partition coefficient (Wildman–Crippen LogP) is 3.78. The van der Waals surface area contributed by atoms with Crippen LogP contribution >= 0.6 is 0 Å². The van der Waals surface area contributed by atoms with Crippen LogP contribution in [0.2, 0.25) is 0 Å². The molecule has 0 amide bonds. The van der Waals surface area contributed by atoms with E-state index in [0.717, 1.165) is 5.39 Å². The summed E-state index contributed by atoms with van der Waals surface area (Å²) in [5, 5.41) is 0.796. The number of esters is 2. The molecule has 0 aliphatic heterocycles. The van der Waals surface area contributed by atoms with Crippen LogP contribution < -0.4 is 9.46 Å². The third-order valence-corrected chi connectivity index (χ3v) is 6.93. The van der Waals surface area contributed by atoms with Crippen molar-refractivity contribution in [3.63, 3.8) is 0 Å². The molecule has 0 spiro atoms. The Hall–Kier alpha value is -3.76. The standard InChI is InChI=1S/C26H28N2O7S/c1-16(2)28-36(31,32)23-14-18(10-12-22(23)33-4)11-13-24(29)35-15-21-25(26(30)34-5)17(3)19-8-6-7-9-20(19)27-21/h6-14,16,28H,15H2,1-5H3. The van der Waals surface area contributed by atoms with Crippen molar-refractivity contribution in [2.24, 2.45) is 0 Å². The minimum atomic E-state index is -3.82. The number of nitrogens with one attached hydrogen (secondary N) is 1. The lowest BCUT2D eigenvalue weighted by Crippen LogP contribution is -2.30. The Balaban J connectivity index is 1.83. The number of methoxy groups -OCH3 is 2. The minimum absolute atomic E-state index is 0.0484. The van der Waals surface area contributed by atoms with Crippen molar-refractivity contribution in [1.29, 1.82) is 0 Å². The van der Waals surface area contributed by atoms with Gasteiger partial charge in [-0.15, -0.1) is 0 Å². The van der Waals surface area contributed by atoms with Gasteiger partial charge in [0.05, 0.1) is 31.0 Å². The first-order valence-electron chi connectivity index (χ1n) is 11.1. The molecule has 3 aromatic rings. The van der Waals surface area contributed by atoms with E-state index in [-0.39, 0.29) is 34.6 Å². The lowest BCUT2D eigenvalue weighted by atomic mass is 10.0. The minimum Gasteiger partial charge on any atom is -0.495 e. The van der Waals surface area contributed by atoms with Gasteiger partial charge in [-0.25, -0.2) is 27.7 Å². The van der Waals surface area contributed by atoms with Gasteiger partial charge >= 0.3 is 11.9 Å². The maximum Gasteiger partial charge on any atom is 0.340 e. The zero-order chi connectivity index (χ0) is 26.5. The first-order valence-corrected chi connectivity index (χ1v) is 12.6. The number of rotatable bonds is 9. The summed E-state index contributed by atoms with van der Waals surface area (Å²) in [6, 6.07) is 11.5. The van der Waals surface area contributed by atoms with Gasteiger partial charge in [0.15, 0.2) is 0 Å². The van der Waals surface area contributed by atoms with Crippen LogP contribution in [-0.2, 0) is 30.9 Å². The molecule has 2 aromatic carbocycles. The number of nitrogens with zero attached hydrogens (tertiary/aromatic N) is 1. The summed E-state index contributed by atoms with van der Waals surface area (Å²) in [6.45, 7) is 4.95. The summed E-state index contributed by atoms with van der Waals surface area (Å²) >= 11 is 0. The lowest BCUT2D eigenvalue weighted by molar-refractivity contribution is -0.139. The monoisotopic (exact) mass is 512 g/mol. The molecule has 1 aromatic heterocycles. The molecule has 0 aliphatic rings. The van der Waals surface area contributed by atoms with E-state index in [1.54, 1.807) is 32.9 Å². The molecular weight excluding hydrogens is 484 g/mol. The van der Waals surface area contributed by atoms with Gasteiger partial charge in [-0.2, -0.15) is 0 Å². The van der Waals surface area contributed by atoms with Crippen LogP contribution in [0.25, 0.3) is 17.0 Å². The van der Waals surface area contributed by atoms with Crippen molar-refractivity contribution in [3.05, 3.63) is 70.9 Å². The fraction of sp³-hybridized carbons (Fsp3) is 0.269. The van der Waals surface area contributed by atoms with Crippen molar-refractivity contribution < 1.29 is 32.2 Å². The van der Waals surface area contributed by atoms with Gasteiger partial charge in [0.2, 0.25) is 10.0 Å². The van der Waals surface area contributed by atoms with Crippen molar-refractivity contribution in [1.82, 2.24) is 9.71 Å². The molecule has 1 heterocycles. The number of aromatic nitrogens is 1. The van der Waals surface area contributed by atoms with E-state index in [1.807, 2.05) is 18.2 Å². The Morgan fingerprint density at radius 1 is 1.11 bits per heavy atom. The second-order valence-corrected chi connectivity index (χ2v) is 9.88. The summed E-state index contributed by atoms with van der Waals surface area (Å²) in [5.41, 5.74) is 2.31. The normalized spacial score (nSPS) is 11.7. The Morgan fingerprint density at radius 2 is 1.83 bits per heavy atom. The first kappa shape index (κ1) is 26.8. The smallest absolute Gasteiger partial charge is 0.340 e. The number of carbonyl (C=O) groups excluding carboxylic acids is 2. The number of hydrogen-bond donors (Lipinski definition) is 1. The van der Waals surface area contributed by atoms with E-state index >= 15 is 0 Å². The lowest BCUT2D eigenvalue weighted by Gasteiger charge is -2.13. The number of ether oxygens (including phenoxy) is 3. The van der Waals surface area contributed by atoms with Gasteiger partial charge < -0.3 is 14.2 Å². The van der Waals surface area contributed by atoms with Crippen molar-refractivity contribution >= 4 is 38.9 Å². The molecular formula is C26H28N2O7S. The van der Waals surface area contributed by atoms with Crippen molar-refractivity contribution in [2.75, 3.05) is 14.2 Å². The van der Waals surface area contributed by atoms with Crippen LogP contribution in [0.3, 0.4) is 0 Å². The quantitative estimate of drug-likeness (QED) is 0.340. The average molecular weight is 513 g/mol. The maximum absolute atomic E-state index is 12.7. The number of benzene rings is 2. The highest BCUT2D eigenvalue weighted by Gasteiger charge is 2.22. The molecule has 0 bridgehead atoms.